The van der Waals surface area contributed by atoms with Crippen LogP contribution in [-0.2, 0) is 14.6 Å². The molecule has 1 amide bonds. The molecule has 0 radical (unpaired) electrons. The normalized spacial score (nSPS) is 12.7. The summed E-state index contributed by atoms with van der Waals surface area (Å²) < 4.78 is 25.7. The third-order valence-corrected chi connectivity index (χ3v) is 6.30. The van der Waals surface area contributed by atoms with E-state index >= 15 is 0 Å². The van der Waals surface area contributed by atoms with Crippen molar-refractivity contribution in [2.75, 3.05) is 6.26 Å². The summed E-state index contributed by atoms with van der Waals surface area (Å²) in [6, 6.07) is 18.7. The molecule has 5 nitrogen and oxygen atoms in total. The van der Waals surface area contributed by atoms with Crippen LogP contribution in [0.5, 0.6) is 0 Å². The van der Waals surface area contributed by atoms with Gasteiger partial charge in [-0.15, -0.1) is 0 Å². The van der Waals surface area contributed by atoms with Crippen molar-refractivity contribution in [1.82, 2.24) is 4.57 Å². The largest absolute Gasteiger partial charge is 0.369 e. The molecule has 0 spiro atoms. The maximum atomic E-state index is 12.1. The van der Waals surface area contributed by atoms with Crippen molar-refractivity contribution >= 4 is 15.7 Å². The monoisotopic (exact) mass is 410 g/mol. The highest BCUT2D eigenvalue weighted by molar-refractivity contribution is 7.90. The Balaban J connectivity index is 2.22. The number of hydrogen-bond donors (Lipinski definition) is 1. The summed E-state index contributed by atoms with van der Waals surface area (Å²) >= 11 is 0. The first-order valence-corrected chi connectivity index (χ1v) is 11.5. The van der Waals surface area contributed by atoms with E-state index in [0.29, 0.717) is 6.42 Å². The van der Waals surface area contributed by atoms with Crippen LogP contribution in [0.15, 0.2) is 65.6 Å². The lowest BCUT2D eigenvalue weighted by molar-refractivity contribution is -0.119. The second-order valence-electron chi connectivity index (χ2n) is 7.28. The first-order valence-electron chi connectivity index (χ1n) is 9.61. The third-order valence-electron chi connectivity index (χ3n) is 5.18. The van der Waals surface area contributed by atoms with E-state index in [0.717, 1.165) is 34.6 Å². The molecule has 152 valence electrons. The van der Waals surface area contributed by atoms with Crippen molar-refractivity contribution < 1.29 is 13.2 Å². The van der Waals surface area contributed by atoms with Crippen LogP contribution < -0.4 is 5.73 Å². The summed E-state index contributed by atoms with van der Waals surface area (Å²) in [6.07, 6.45) is 2.72. The van der Waals surface area contributed by atoms with Gasteiger partial charge in [-0.25, -0.2) is 8.42 Å². The van der Waals surface area contributed by atoms with Gasteiger partial charge in [-0.1, -0.05) is 43.7 Å². The van der Waals surface area contributed by atoms with Crippen LogP contribution >= 0.6 is 0 Å². The molecule has 29 heavy (non-hydrogen) atoms. The number of aromatic nitrogens is 1. The lowest BCUT2D eigenvalue weighted by atomic mass is 9.93. The van der Waals surface area contributed by atoms with E-state index in [2.05, 4.69) is 4.57 Å². The molecule has 3 aromatic rings. The number of nitrogens with zero attached hydrogens (tertiary/aromatic N) is 1. The number of nitrogens with two attached hydrogens (primary N) is 1. The fourth-order valence-corrected chi connectivity index (χ4v) is 4.34. The summed E-state index contributed by atoms with van der Waals surface area (Å²) in [4.78, 5) is 12.4. The van der Waals surface area contributed by atoms with Gasteiger partial charge < -0.3 is 10.3 Å². The molecule has 1 atom stereocenters. The van der Waals surface area contributed by atoms with E-state index in [1.165, 1.54) is 6.26 Å². The van der Waals surface area contributed by atoms with Gasteiger partial charge in [-0.05, 0) is 54.8 Å². The predicted molar refractivity (Wildman–Crippen MR) is 116 cm³/mol. The van der Waals surface area contributed by atoms with E-state index in [1.54, 1.807) is 24.3 Å². The van der Waals surface area contributed by atoms with Gasteiger partial charge in [-0.2, -0.15) is 0 Å². The minimum absolute atomic E-state index is 0.275. The van der Waals surface area contributed by atoms with Crippen molar-refractivity contribution in [3.8, 4) is 16.9 Å². The molecule has 0 saturated heterocycles. The predicted octanol–water partition coefficient (Wildman–Crippen LogP) is 4.23. The van der Waals surface area contributed by atoms with Gasteiger partial charge in [0.05, 0.1) is 16.5 Å². The number of para-hydroxylation sites is 1. The zero-order chi connectivity index (χ0) is 21.2. The molecule has 0 aliphatic heterocycles. The lowest BCUT2D eigenvalue weighted by Gasteiger charge is -2.15. The van der Waals surface area contributed by atoms with E-state index in [9.17, 15) is 13.2 Å². The van der Waals surface area contributed by atoms with Gasteiger partial charge in [0.2, 0.25) is 5.91 Å². The van der Waals surface area contributed by atoms with Crippen LogP contribution in [0.4, 0.5) is 0 Å². The highest BCUT2D eigenvalue weighted by Gasteiger charge is 2.24. The Morgan fingerprint density at radius 3 is 2.21 bits per heavy atom. The smallest absolute Gasteiger partial charge is 0.225 e. The van der Waals surface area contributed by atoms with Crippen molar-refractivity contribution in [3.05, 3.63) is 71.9 Å². The quantitative estimate of drug-likeness (QED) is 0.633. The molecule has 6 heteroatoms. The molecule has 0 saturated carbocycles. The second-order valence-corrected chi connectivity index (χ2v) is 9.30. The van der Waals surface area contributed by atoms with Crippen LogP contribution in [0.25, 0.3) is 16.9 Å². The standard InChI is InChI=1S/C23H26N2O3S/c1-4-8-20(23(24)26)21-15-22(17-11-13-19(14-12-17)29(3,27)28)25(16(21)2)18-9-6-5-7-10-18/h5-7,9-15,20H,4,8H2,1-3H3,(H2,24,26). The van der Waals surface area contributed by atoms with Gasteiger partial charge in [0.1, 0.15) is 0 Å². The molecule has 1 aromatic heterocycles. The molecular weight excluding hydrogens is 384 g/mol. The Morgan fingerprint density at radius 1 is 1.07 bits per heavy atom. The Bertz CT molecular complexity index is 1110. The van der Waals surface area contributed by atoms with Crippen molar-refractivity contribution in [3.63, 3.8) is 0 Å². The summed E-state index contributed by atoms with van der Waals surface area (Å²) in [7, 11) is -3.27. The van der Waals surface area contributed by atoms with E-state index in [1.807, 2.05) is 50.2 Å². The number of carbonyl (C=O) groups is 1. The van der Waals surface area contributed by atoms with Crippen molar-refractivity contribution in [2.45, 2.75) is 37.5 Å². The molecule has 0 fully saturated rings. The molecule has 0 aliphatic rings. The Labute approximate surface area is 172 Å². The van der Waals surface area contributed by atoms with Crippen LogP contribution in [0.2, 0.25) is 0 Å². The topological polar surface area (TPSA) is 82.2 Å². The third kappa shape index (κ3) is 4.27. The number of primary amides is 1. The Morgan fingerprint density at radius 2 is 1.69 bits per heavy atom. The molecule has 2 aromatic carbocycles. The molecule has 3 rings (SSSR count). The van der Waals surface area contributed by atoms with Gasteiger partial charge in [0.25, 0.3) is 0 Å². The van der Waals surface area contributed by atoms with Crippen LogP contribution in [0, 0.1) is 6.92 Å². The van der Waals surface area contributed by atoms with Gasteiger partial charge in [0.15, 0.2) is 9.84 Å². The molecule has 1 unspecified atom stereocenters. The maximum absolute atomic E-state index is 12.1. The number of hydrogen-bond acceptors (Lipinski definition) is 3. The number of sulfone groups is 1. The maximum Gasteiger partial charge on any atom is 0.225 e. The zero-order valence-corrected chi connectivity index (χ0v) is 17.7. The minimum atomic E-state index is -3.27. The van der Waals surface area contributed by atoms with Crippen molar-refractivity contribution in [1.29, 1.82) is 0 Å². The molecule has 2 N–H and O–H groups in total. The van der Waals surface area contributed by atoms with Gasteiger partial charge in [-0.3, -0.25) is 4.79 Å². The number of carbonyl (C=O) groups excluding carboxylic acids is 1. The lowest BCUT2D eigenvalue weighted by Crippen LogP contribution is -2.21. The summed E-state index contributed by atoms with van der Waals surface area (Å²) in [6.45, 7) is 4.02. The summed E-state index contributed by atoms with van der Waals surface area (Å²) in [5.74, 6) is -0.696. The molecule has 1 heterocycles. The molecular formula is C23H26N2O3S. The van der Waals surface area contributed by atoms with Crippen molar-refractivity contribution in [2.24, 2.45) is 5.73 Å². The summed E-state index contributed by atoms with van der Waals surface area (Å²) in [5, 5.41) is 0. The Hall–Kier alpha value is -2.86. The molecule has 0 bridgehead atoms. The number of rotatable bonds is 7. The highest BCUT2D eigenvalue weighted by atomic mass is 32.2. The van der Waals surface area contributed by atoms with Crippen LogP contribution in [0.3, 0.4) is 0 Å². The van der Waals surface area contributed by atoms with Crippen LogP contribution in [0.1, 0.15) is 36.9 Å². The average Bonchev–Trinajstić information content (AvgIpc) is 3.03. The van der Waals surface area contributed by atoms with Crippen LogP contribution in [-0.4, -0.2) is 25.1 Å². The first-order chi connectivity index (χ1) is 13.7. The number of benzene rings is 2. The molecule has 0 aliphatic carbocycles. The first kappa shape index (κ1) is 20.9. The highest BCUT2D eigenvalue weighted by Crippen LogP contribution is 2.35. The second kappa shape index (κ2) is 8.25. The van der Waals surface area contributed by atoms with E-state index in [-0.39, 0.29) is 16.7 Å². The Kier molecular flexibility index (Phi) is 5.94. The average molecular weight is 411 g/mol. The summed E-state index contributed by atoms with van der Waals surface area (Å²) in [5.41, 5.74) is 10.3. The fraction of sp³-hybridized carbons (Fsp3) is 0.261. The van der Waals surface area contributed by atoms with Gasteiger partial charge >= 0.3 is 0 Å². The number of amides is 1. The zero-order valence-electron chi connectivity index (χ0n) is 16.9. The fourth-order valence-electron chi connectivity index (χ4n) is 3.71. The minimum Gasteiger partial charge on any atom is -0.369 e. The van der Waals surface area contributed by atoms with E-state index < -0.39 is 9.84 Å². The van der Waals surface area contributed by atoms with E-state index in [4.69, 9.17) is 5.73 Å². The SMILES string of the molecule is CCCC(C(N)=O)c1cc(-c2ccc(S(C)(=O)=O)cc2)n(-c2ccccc2)c1C. The van der Waals surface area contributed by atoms with Gasteiger partial charge in [0, 0.05) is 17.6 Å².